The van der Waals surface area contributed by atoms with Crippen molar-refractivity contribution in [3.8, 4) is 0 Å². The molecule has 0 bridgehead atoms. The van der Waals surface area contributed by atoms with E-state index in [0.29, 0.717) is 6.42 Å². The van der Waals surface area contributed by atoms with E-state index in [9.17, 15) is 5.11 Å². The number of allylic oxidation sites excluding steroid dienone is 1. The Bertz CT molecular complexity index is 159. The van der Waals surface area contributed by atoms with Crippen molar-refractivity contribution < 1.29 is 10.2 Å². The number of hydrogen-bond acceptors (Lipinski definition) is 2. The van der Waals surface area contributed by atoms with E-state index < -0.39 is 5.60 Å². The molecule has 2 N–H and O–H groups in total. The highest BCUT2D eigenvalue weighted by molar-refractivity contribution is 4.97. The molecule has 0 amide bonds. The van der Waals surface area contributed by atoms with E-state index in [-0.39, 0.29) is 12.5 Å². The monoisotopic (exact) mass is 170 g/mol. The lowest BCUT2D eigenvalue weighted by molar-refractivity contribution is 0.0917. The zero-order valence-electron chi connectivity index (χ0n) is 7.83. The zero-order chi connectivity index (χ0) is 9.61. The summed E-state index contributed by atoms with van der Waals surface area (Å²) in [6.07, 6.45) is 5.74. The maximum atomic E-state index is 9.58. The van der Waals surface area contributed by atoms with Crippen LogP contribution in [0.3, 0.4) is 0 Å². The van der Waals surface area contributed by atoms with Gasteiger partial charge in [0.2, 0.25) is 0 Å². The second-order valence-electron chi connectivity index (χ2n) is 3.35. The summed E-state index contributed by atoms with van der Waals surface area (Å²) in [6, 6.07) is 0. The van der Waals surface area contributed by atoms with Gasteiger partial charge in [0.05, 0.1) is 12.2 Å². The van der Waals surface area contributed by atoms with Crippen LogP contribution < -0.4 is 0 Å². The molecule has 0 aliphatic rings. The van der Waals surface area contributed by atoms with Crippen molar-refractivity contribution in [1.29, 1.82) is 0 Å². The molecular formula is C10H18O2. The van der Waals surface area contributed by atoms with Crippen molar-refractivity contribution in [3.63, 3.8) is 0 Å². The Morgan fingerprint density at radius 3 is 2.58 bits per heavy atom. The third-order valence-electron chi connectivity index (χ3n) is 1.75. The first-order valence-electron chi connectivity index (χ1n) is 4.15. The minimum absolute atomic E-state index is 0.0561. The summed E-state index contributed by atoms with van der Waals surface area (Å²) in [6.45, 7) is 7.31. The second kappa shape index (κ2) is 5.12. The van der Waals surface area contributed by atoms with Crippen molar-refractivity contribution in [2.45, 2.75) is 25.9 Å². The average molecular weight is 170 g/mol. The molecule has 2 heteroatoms. The Balaban J connectivity index is 3.91. The molecule has 0 saturated carbocycles. The molecule has 2 atom stereocenters. The fourth-order valence-corrected chi connectivity index (χ4v) is 1.10. The quantitative estimate of drug-likeness (QED) is 0.614. The molecule has 0 fully saturated rings. The van der Waals surface area contributed by atoms with Crippen LogP contribution in [0.4, 0.5) is 0 Å². The third-order valence-corrected chi connectivity index (χ3v) is 1.75. The molecule has 0 aliphatic heterocycles. The van der Waals surface area contributed by atoms with Crippen molar-refractivity contribution in [2.75, 3.05) is 6.61 Å². The fourth-order valence-electron chi connectivity index (χ4n) is 1.10. The summed E-state index contributed by atoms with van der Waals surface area (Å²) in [5.74, 6) is 0.255. The SMILES string of the molecule is C=CC(C)(O)CC(C)C=CCO. The first-order valence-corrected chi connectivity index (χ1v) is 4.15. The summed E-state index contributed by atoms with van der Waals surface area (Å²) >= 11 is 0. The summed E-state index contributed by atoms with van der Waals surface area (Å²) in [4.78, 5) is 0. The summed E-state index contributed by atoms with van der Waals surface area (Å²) < 4.78 is 0. The predicted octanol–water partition coefficient (Wildman–Crippen LogP) is 1.50. The van der Waals surface area contributed by atoms with Gasteiger partial charge in [0, 0.05) is 0 Å². The normalized spacial score (nSPS) is 19.0. The molecule has 0 heterocycles. The van der Waals surface area contributed by atoms with Gasteiger partial charge < -0.3 is 10.2 Å². The fraction of sp³-hybridized carbons (Fsp3) is 0.600. The summed E-state index contributed by atoms with van der Waals surface area (Å²) in [5.41, 5.74) is -0.806. The number of aliphatic hydroxyl groups excluding tert-OH is 1. The maximum Gasteiger partial charge on any atom is 0.0802 e. The second-order valence-corrected chi connectivity index (χ2v) is 3.35. The Morgan fingerprint density at radius 2 is 2.17 bits per heavy atom. The van der Waals surface area contributed by atoms with E-state index >= 15 is 0 Å². The number of rotatable bonds is 5. The summed E-state index contributed by atoms with van der Waals surface area (Å²) in [7, 11) is 0. The lowest BCUT2D eigenvalue weighted by atomic mass is 9.93. The van der Waals surface area contributed by atoms with E-state index in [1.165, 1.54) is 6.08 Å². The van der Waals surface area contributed by atoms with Crippen LogP contribution in [0.25, 0.3) is 0 Å². The van der Waals surface area contributed by atoms with Gasteiger partial charge in [-0.15, -0.1) is 6.58 Å². The average Bonchev–Trinajstić information content (AvgIpc) is 2.00. The lowest BCUT2D eigenvalue weighted by Gasteiger charge is -2.20. The van der Waals surface area contributed by atoms with Crippen LogP contribution in [0.1, 0.15) is 20.3 Å². The van der Waals surface area contributed by atoms with Gasteiger partial charge in [-0.3, -0.25) is 0 Å². The van der Waals surface area contributed by atoms with Crippen molar-refractivity contribution in [3.05, 3.63) is 24.8 Å². The Morgan fingerprint density at radius 1 is 1.58 bits per heavy atom. The Hall–Kier alpha value is -0.600. The lowest BCUT2D eigenvalue weighted by Crippen LogP contribution is -2.22. The standard InChI is InChI=1S/C10H18O2/c1-4-10(3,12)8-9(2)6-5-7-11/h4-6,9,11-12H,1,7-8H2,2-3H3. The highest BCUT2D eigenvalue weighted by atomic mass is 16.3. The predicted molar refractivity (Wildman–Crippen MR) is 50.8 cm³/mol. The van der Waals surface area contributed by atoms with Gasteiger partial charge in [-0.05, 0) is 19.3 Å². The highest BCUT2D eigenvalue weighted by Crippen LogP contribution is 2.18. The molecular weight excluding hydrogens is 152 g/mol. The molecule has 0 aromatic rings. The van der Waals surface area contributed by atoms with Crippen LogP contribution in [0.2, 0.25) is 0 Å². The molecule has 0 aliphatic carbocycles. The van der Waals surface area contributed by atoms with Gasteiger partial charge in [-0.1, -0.05) is 25.2 Å². The van der Waals surface area contributed by atoms with Crippen molar-refractivity contribution >= 4 is 0 Å². The zero-order valence-corrected chi connectivity index (χ0v) is 7.83. The molecule has 12 heavy (non-hydrogen) atoms. The van der Waals surface area contributed by atoms with Crippen LogP contribution in [-0.2, 0) is 0 Å². The number of aliphatic hydroxyl groups is 2. The highest BCUT2D eigenvalue weighted by Gasteiger charge is 2.17. The van der Waals surface area contributed by atoms with Crippen LogP contribution in [0.15, 0.2) is 24.8 Å². The summed E-state index contributed by atoms with van der Waals surface area (Å²) in [5, 5.41) is 18.1. The molecule has 0 radical (unpaired) electrons. The minimum atomic E-state index is -0.806. The molecule has 2 nitrogen and oxygen atoms in total. The molecule has 2 unspecified atom stereocenters. The molecule has 70 valence electrons. The first kappa shape index (κ1) is 11.4. The van der Waals surface area contributed by atoms with Crippen LogP contribution in [-0.4, -0.2) is 22.4 Å². The van der Waals surface area contributed by atoms with Gasteiger partial charge in [0.1, 0.15) is 0 Å². The number of hydrogen-bond donors (Lipinski definition) is 2. The Labute approximate surface area is 74.2 Å². The largest absolute Gasteiger partial charge is 0.392 e. The van der Waals surface area contributed by atoms with E-state index in [2.05, 4.69) is 6.58 Å². The maximum absolute atomic E-state index is 9.58. The van der Waals surface area contributed by atoms with Crippen molar-refractivity contribution in [1.82, 2.24) is 0 Å². The van der Waals surface area contributed by atoms with Gasteiger partial charge in [0.25, 0.3) is 0 Å². The van der Waals surface area contributed by atoms with E-state index in [1.807, 2.05) is 13.0 Å². The van der Waals surface area contributed by atoms with E-state index in [1.54, 1.807) is 13.0 Å². The van der Waals surface area contributed by atoms with Crippen LogP contribution in [0.5, 0.6) is 0 Å². The van der Waals surface area contributed by atoms with E-state index in [4.69, 9.17) is 5.11 Å². The first-order chi connectivity index (χ1) is 5.52. The van der Waals surface area contributed by atoms with Crippen LogP contribution >= 0.6 is 0 Å². The molecule has 0 aromatic carbocycles. The van der Waals surface area contributed by atoms with Crippen molar-refractivity contribution in [2.24, 2.45) is 5.92 Å². The topological polar surface area (TPSA) is 40.5 Å². The Kier molecular flexibility index (Phi) is 4.86. The molecule has 0 spiro atoms. The third kappa shape index (κ3) is 5.10. The molecule has 0 rings (SSSR count). The van der Waals surface area contributed by atoms with Gasteiger partial charge in [-0.25, -0.2) is 0 Å². The van der Waals surface area contributed by atoms with Gasteiger partial charge >= 0.3 is 0 Å². The van der Waals surface area contributed by atoms with E-state index in [0.717, 1.165) is 0 Å². The smallest absolute Gasteiger partial charge is 0.0802 e. The van der Waals surface area contributed by atoms with Gasteiger partial charge in [-0.2, -0.15) is 0 Å². The van der Waals surface area contributed by atoms with Gasteiger partial charge in [0.15, 0.2) is 0 Å². The minimum Gasteiger partial charge on any atom is -0.392 e. The molecule has 0 aromatic heterocycles. The van der Waals surface area contributed by atoms with Crippen LogP contribution in [0, 0.1) is 5.92 Å². The molecule has 0 saturated heterocycles.